The maximum atomic E-state index is 2.52. The summed E-state index contributed by atoms with van der Waals surface area (Å²) in [6.07, 6.45) is 0. The summed E-state index contributed by atoms with van der Waals surface area (Å²) < 4.78 is 0. The average molecular weight is 840 g/mol. The summed E-state index contributed by atoms with van der Waals surface area (Å²) in [6.45, 7) is 0.0233. The number of benzene rings is 11. The van der Waals surface area contributed by atoms with E-state index in [2.05, 4.69) is 260 Å². The summed E-state index contributed by atoms with van der Waals surface area (Å²) in [6, 6.07) is 95.5. The van der Waals surface area contributed by atoms with Crippen LogP contribution in [-0.4, -0.2) is 14.8 Å². The molecule has 0 spiro atoms. The van der Waals surface area contributed by atoms with Gasteiger partial charge in [-0.25, -0.2) is 0 Å². The van der Waals surface area contributed by atoms with Crippen molar-refractivity contribution in [3.05, 3.63) is 255 Å². The standard InChI is InChI=1S/C62H42BNSi/c1-5-20-43(21-6-1)53-30-19-31-54-55-42-47-24-13-14-29-52(47)60(44-22-7-2-8-23-44)62(55)63(61(53)54)48-38-36-46-41-49(39-37-45(46)40-48)64-56-32-15-17-34-58(56)65(50-25-9-3-10-26-50,51-27-11-4-12-28-51)59-35-18-16-33-57(59)64/h1-42H. The first-order chi connectivity index (χ1) is 32.3. The van der Waals surface area contributed by atoms with E-state index < -0.39 is 8.07 Å². The summed E-state index contributed by atoms with van der Waals surface area (Å²) >= 11 is 0. The number of hydrogen-bond donors (Lipinski definition) is 0. The number of nitrogens with zero attached hydrogens (tertiary/aromatic N) is 1. The minimum atomic E-state index is -2.70. The highest BCUT2D eigenvalue weighted by molar-refractivity contribution is 7.21. The monoisotopic (exact) mass is 839 g/mol. The van der Waals surface area contributed by atoms with Crippen molar-refractivity contribution in [3.8, 4) is 33.4 Å². The number of fused-ring (bicyclic) bond motifs is 7. The van der Waals surface area contributed by atoms with Gasteiger partial charge in [-0.1, -0.05) is 241 Å². The molecule has 0 fully saturated rings. The molecule has 0 radical (unpaired) electrons. The molecule has 0 unspecified atom stereocenters. The minimum absolute atomic E-state index is 0.0233. The third kappa shape index (κ3) is 5.72. The molecule has 0 aromatic heterocycles. The van der Waals surface area contributed by atoms with Gasteiger partial charge in [0.1, 0.15) is 0 Å². The molecule has 11 aromatic rings. The molecule has 0 saturated heterocycles. The summed E-state index contributed by atoms with van der Waals surface area (Å²) in [4.78, 5) is 2.52. The number of para-hydroxylation sites is 2. The first kappa shape index (κ1) is 37.6. The van der Waals surface area contributed by atoms with Gasteiger partial charge < -0.3 is 4.90 Å². The van der Waals surface area contributed by atoms with Crippen LogP contribution in [0.15, 0.2) is 255 Å². The molecule has 65 heavy (non-hydrogen) atoms. The molecule has 13 rings (SSSR count). The predicted molar refractivity (Wildman–Crippen MR) is 281 cm³/mol. The van der Waals surface area contributed by atoms with Gasteiger partial charge in [-0.3, -0.25) is 0 Å². The molecule has 302 valence electrons. The van der Waals surface area contributed by atoms with Crippen LogP contribution in [0.25, 0.3) is 54.9 Å². The van der Waals surface area contributed by atoms with Crippen molar-refractivity contribution in [1.29, 1.82) is 0 Å². The Kier molecular flexibility index (Phi) is 8.72. The Hall–Kier alpha value is -7.98. The third-order valence-corrected chi connectivity index (χ3v) is 19.0. The maximum Gasteiger partial charge on any atom is 0.244 e. The second-order valence-electron chi connectivity index (χ2n) is 17.5. The average Bonchev–Trinajstić information content (AvgIpc) is 3.72. The Morgan fingerprint density at radius 1 is 0.338 bits per heavy atom. The van der Waals surface area contributed by atoms with Crippen LogP contribution in [0.3, 0.4) is 0 Å². The van der Waals surface area contributed by atoms with Crippen molar-refractivity contribution in [1.82, 2.24) is 0 Å². The van der Waals surface area contributed by atoms with E-state index in [1.165, 1.54) is 103 Å². The number of rotatable bonds is 6. The van der Waals surface area contributed by atoms with Crippen molar-refractivity contribution in [2.24, 2.45) is 0 Å². The van der Waals surface area contributed by atoms with Crippen molar-refractivity contribution >= 4 is 90.5 Å². The van der Waals surface area contributed by atoms with E-state index in [1.54, 1.807) is 0 Å². The Morgan fingerprint density at radius 2 is 0.877 bits per heavy atom. The topological polar surface area (TPSA) is 3.24 Å². The lowest BCUT2D eigenvalue weighted by atomic mass is 9.37. The van der Waals surface area contributed by atoms with Crippen LogP contribution in [-0.2, 0) is 0 Å². The largest absolute Gasteiger partial charge is 0.311 e. The van der Waals surface area contributed by atoms with E-state index in [9.17, 15) is 0 Å². The zero-order valence-electron chi connectivity index (χ0n) is 35.8. The normalized spacial score (nSPS) is 13.3. The first-order valence-electron chi connectivity index (χ1n) is 22.7. The molecule has 11 aromatic carbocycles. The molecule has 2 aliphatic rings. The Morgan fingerprint density at radius 3 is 1.55 bits per heavy atom. The highest BCUT2D eigenvalue weighted by Crippen LogP contribution is 2.41. The van der Waals surface area contributed by atoms with E-state index in [0.717, 1.165) is 5.69 Å². The second kappa shape index (κ2) is 15.1. The number of anilines is 3. The van der Waals surface area contributed by atoms with Crippen molar-refractivity contribution in [3.63, 3.8) is 0 Å². The van der Waals surface area contributed by atoms with Gasteiger partial charge in [-0.05, 0) is 106 Å². The van der Waals surface area contributed by atoms with Crippen LogP contribution in [0.4, 0.5) is 17.1 Å². The molecule has 0 N–H and O–H groups in total. The molecule has 2 heterocycles. The van der Waals surface area contributed by atoms with Crippen molar-refractivity contribution < 1.29 is 0 Å². The molecular formula is C62H42BNSi. The van der Waals surface area contributed by atoms with Crippen LogP contribution in [0.2, 0.25) is 0 Å². The summed E-state index contributed by atoms with van der Waals surface area (Å²) in [7, 11) is -2.70. The molecule has 3 heteroatoms. The van der Waals surface area contributed by atoms with Crippen molar-refractivity contribution in [2.75, 3.05) is 4.90 Å². The second-order valence-corrected chi connectivity index (χ2v) is 21.2. The van der Waals surface area contributed by atoms with Gasteiger partial charge in [0.25, 0.3) is 0 Å². The lowest BCUT2D eigenvalue weighted by Crippen LogP contribution is -2.77. The maximum absolute atomic E-state index is 2.70. The van der Waals surface area contributed by atoms with E-state index in [1.807, 2.05) is 0 Å². The number of hydrogen-bond acceptors (Lipinski definition) is 1. The van der Waals surface area contributed by atoms with Gasteiger partial charge >= 0.3 is 0 Å². The fourth-order valence-electron chi connectivity index (χ4n) is 11.5. The SMILES string of the molecule is c1ccc(-c2cccc3c2B(c2ccc4cc(N5c6ccccc6[Si](c6ccccc6)(c6ccccc6)c6ccccc65)ccc4c2)c2c-3cc3ccccc3c2-c2ccccc2)cc1. The van der Waals surface area contributed by atoms with Gasteiger partial charge in [0.15, 0.2) is 8.07 Å². The minimum Gasteiger partial charge on any atom is -0.311 e. The highest BCUT2D eigenvalue weighted by atomic mass is 28.3. The van der Waals surface area contributed by atoms with Gasteiger partial charge in [0.2, 0.25) is 6.71 Å². The quantitative estimate of drug-likeness (QED) is 0.151. The van der Waals surface area contributed by atoms with E-state index >= 15 is 0 Å². The zero-order valence-corrected chi connectivity index (χ0v) is 36.8. The Labute approximate surface area is 381 Å². The van der Waals surface area contributed by atoms with Crippen LogP contribution in [0.1, 0.15) is 0 Å². The van der Waals surface area contributed by atoms with E-state index in [0.29, 0.717) is 0 Å². The molecule has 0 saturated carbocycles. The summed E-state index contributed by atoms with van der Waals surface area (Å²) in [5.41, 5.74) is 15.5. The van der Waals surface area contributed by atoms with Gasteiger partial charge in [0, 0.05) is 17.1 Å². The smallest absolute Gasteiger partial charge is 0.244 e. The first-order valence-corrected chi connectivity index (χ1v) is 24.7. The van der Waals surface area contributed by atoms with Crippen LogP contribution >= 0.6 is 0 Å². The zero-order chi connectivity index (χ0) is 42.9. The Bertz CT molecular complexity index is 3520. The molecule has 2 aliphatic heterocycles. The Balaban J connectivity index is 1.01. The summed E-state index contributed by atoms with van der Waals surface area (Å²) in [5, 5.41) is 10.6. The molecular weight excluding hydrogens is 798 g/mol. The fraction of sp³-hybridized carbons (Fsp3) is 0. The van der Waals surface area contributed by atoms with Gasteiger partial charge in [-0.15, -0.1) is 0 Å². The van der Waals surface area contributed by atoms with E-state index in [4.69, 9.17) is 0 Å². The predicted octanol–water partition coefficient (Wildman–Crippen LogP) is 11.0. The van der Waals surface area contributed by atoms with Gasteiger partial charge in [-0.2, -0.15) is 0 Å². The molecule has 0 aliphatic carbocycles. The molecule has 0 bridgehead atoms. The molecule has 0 amide bonds. The lowest BCUT2D eigenvalue weighted by Gasteiger charge is -2.45. The van der Waals surface area contributed by atoms with Crippen LogP contribution < -0.4 is 42.0 Å². The van der Waals surface area contributed by atoms with E-state index in [-0.39, 0.29) is 6.71 Å². The fourth-order valence-corrected chi connectivity index (χ4v) is 16.6. The molecule has 0 atom stereocenters. The highest BCUT2D eigenvalue weighted by Gasteiger charge is 2.48. The van der Waals surface area contributed by atoms with Gasteiger partial charge in [0.05, 0.1) is 0 Å². The third-order valence-electron chi connectivity index (χ3n) is 14.2. The van der Waals surface area contributed by atoms with Crippen LogP contribution in [0, 0.1) is 0 Å². The molecule has 1 nitrogen and oxygen atoms in total. The lowest BCUT2D eigenvalue weighted by molar-refractivity contribution is 1.29. The summed E-state index contributed by atoms with van der Waals surface area (Å²) in [5.74, 6) is 0. The van der Waals surface area contributed by atoms with Crippen molar-refractivity contribution in [2.45, 2.75) is 0 Å². The van der Waals surface area contributed by atoms with Crippen LogP contribution in [0.5, 0.6) is 0 Å².